The molecule has 120 valence electrons. The summed E-state index contributed by atoms with van der Waals surface area (Å²) in [6.45, 7) is 0.945. The lowest BCUT2D eigenvalue weighted by molar-refractivity contribution is 0.247. The van der Waals surface area contributed by atoms with Gasteiger partial charge in [0.2, 0.25) is 0 Å². The van der Waals surface area contributed by atoms with Gasteiger partial charge in [-0.05, 0) is 55.0 Å². The molecule has 0 fully saturated rings. The van der Waals surface area contributed by atoms with Gasteiger partial charge < -0.3 is 15.4 Å². The molecular formula is C19H22N2O2. The van der Waals surface area contributed by atoms with Crippen molar-refractivity contribution in [1.29, 1.82) is 0 Å². The minimum absolute atomic E-state index is 0.213. The van der Waals surface area contributed by atoms with Gasteiger partial charge in [0.25, 0.3) is 0 Å². The summed E-state index contributed by atoms with van der Waals surface area (Å²) < 4.78 is 5.86. The van der Waals surface area contributed by atoms with Crippen molar-refractivity contribution in [1.82, 2.24) is 5.32 Å². The lowest BCUT2D eigenvalue weighted by atomic mass is 9.91. The average Bonchev–Trinajstić information content (AvgIpc) is 2.60. The van der Waals surface area contributed by atoms with Crippen LogP contribution in [-0.2, 0) is 12.8 Å². The van der Waals surface area contributed by atoms with E-state index in [1.807, 2.05) is 36.4 Å². The zero-order valence-electron chi connectivity index (χ0n) is 13.2. The summed E-state index contributed by atoms with van der Waals surface area (Å²) in [4.78, 5) is 11.8. The predicted molar refractivity (Wildman–Crippen MR) is 92.0 cm³/mol. The maximum atomic E-state index is 11.8. The molecule has 0 heterocycles. The minimum atomic E-state index is -0.213. The molecule has 1 aliphatic carbocycles. The van der Waals surface area contributed by atoms with E-state index in [0.717, 1.165) is 24.3 Å². The van der Waals surface area contributed by atoms with E-state index in [2.05, 4.69) is 22.8 Å². The van der Waals surface area contributed by atoms with Gasteiger partial charge in [-0.2, -0.15) is 0 Å². The molecule has 0 saturated carbocycles. The number of ether oxygens (including phenoxy) is 1. The number of hydrogen-bond donors (Lipinski definition) is 2. The molecule has 0 spiro atoms. The Hall–Kier alpha value is -2.49. The van der Waals surface area contributed by atoms with Crippen LogP contribution in [0.4, 0.5) is 10.5 Å². The fourth-order valence-corrected chi connectivity index (χ4v) is 2.90. The van der Waals surface area contributed by atoms with Gasteiger partial charge in [-0.3, -0.25) is 0 Å². The Bertz CT molecular complexity index is 656. The van der Waals surface area contributed by atoms with Crippen molar-refractivity contribution in [3.05, 3.63) is 59.7 Å². The van der Waals surface area contributed by atoms with Crippen LogP contribution in [0, 0.1) is 0 Å². The second kappa shape index (κ2) is 7.68. The van der Waals surface area contributed by atoms with Gasteiger partial charge in [0.05, 0.1) is 6.54 Å². The Labute approximate surface area is 136 Å². The molecule has 1 aliphatic rings. The third-order valence-corrected chi connectivity index (χ3v) is 4.03. The first-order chi connectivity index (χ1) is 11.3. The van der Waals surface area contributed by atoms with E-state index in [9.17, 15) is 4.79 Å². The Morgan fingerprint density at radius 3 is 2.70 bits per heavy atom. The first-order valence-corrected chi connectivity index (χ1v) is 8.16. The molecule has 0 aromatic heterocycles. The number of hydrogen-bond acceptors (Lipinski definition) is 2. The topological polar surface area (TPSA) is 50.4 Å². The van der Waals surface area contributed by atoms with Gasteiger partial charge >= 0.3 is 6.03 Å². The molecule has 0 unspecified atom stereocenters. The summed E-state index contributed by atoms with van der Waals surface area (Å²) in [5, 5.41) is 5.59. The van der Waals surface area contributed by atoms with Crippen LogP contribution in [-0.4, -0.2) is 19.2 Å². The number of fused-ring (bicyclic) bond motifs is 1. The number of para-hydroxylation sites is 1. The van der Waals surface area contributed by atoms with Crippen molar-refractivity contribution in [2.75, 3.05) is 18.5 Å². The molecule has 23 heavy (non-hydrogen) atoms. The SMILES string of the molecule is O=C(NCCOc1cccc2c1CCCC2)Nc1ccccc1. The van der Waals surface area contributed by atoms with E-state index in [0.29, 0.717) is 13.2 Å². The Kier molecular flexibility index (Phi) is 5.14. The quantitative estimate of drug-likeness (QED) is 0.826. The van der Waals surface area contributed by atoms with E-state index in [1.54, 1.807) is 0 Å². The predicted octanol–water partition coefficient (Wildman–Crippen LogP) is 3.77. The van der Waals surface area contributed by atoms with Crippen LogP contribution in [0.5, 0.6) is 5.75 Å². The molecule has 0 aliphatic heterocycles. The summed E-state index contributed by atoms with van der Waals surface area (Å²) in [6, 6.07) is 15.4. The fourth-order valence-electron chi connectivity index (χ4n) is 2.90. The summed E-state index contributed by atoms with van der Waals surface area (Å²) >= 11 is 0. The lowest BCUT2D eigenvalue weighted by Gasteiger charge is -2.19. The molecule has 2 aromatic carbocycles. The van der Waals surface area contributed by atoms with Crippen LogP contribution in [0.2, 0.25) is 0 Å². The molecule has 2 aromatic rings. The first-order valence-electron chi connectivity index (χ1n) is 8.16. The molecule has 2 N–H and O–H groups in total. The largest absolute Gasteiger partial charge is 0.491 e. The van der Waals surface area contributed by atoms with Gasteiger partial charge in [0.15, 0.2) is 0 Å². The summed E-state index contributed by atoms with van der Waals surface area (Å²) in [7, 11) is 0. The summed E-state index contributed by atoms with van der Waals surface area (Å²) in [6.07, 6.45) is 4.72. The number of nitrogens with one attached hydrogen (secondary N) is 2. The average molecular weight is 310 g/mol. The molecule has 0 atom stereocenters. The van der Waals surface area contributed by atoms with Crippen molar-refractivity contribution < 1.29 is 9.53 Å². The van der Waals surface area contributed by atoms with Crippen molar-refractivity contribution in [3.8, 4) is 5.75 Å². The highest BCUT2D eigenvalue weighted by molar-refractivity contribution is 5.89. The number of urea groups is 1. The number of carbonyl (C=O) groups is 1. The third-order valence-electron chi connectivity index (χ3n) is 4.03. The van der Waals surface area contributed by atoms with Crippen LogP contribution < -0.4 is 15.4 Å². The fraction of sp³-hybridized carbons (Fsp3) is 0.316. The van der Waals surface area contributed by atoms with Crippen LogP contribution in [0.15, 0.2) is 48.5 Å². The van der Waals surface area contributed by atoms with Crippen molar-refractivity contribution >= 4 is 11.7 Å². The van der Waals surface area contributed by atoms with E-state index < -0.39 is 0 Å². The van der Waals surface area contributed by atoms with Crippen LogP contribution in [0.1, 0.15) is 24.0 Å². The number of rotatable bonds is 5. The van der Waals surface area contributed by atoms with Gasteiger partial charge in [0, 0.05) is 5.69 Å². The Morgan fingerprint density at radius 1 is 1.00 bits per heavy atom. The zero-order chi connectivity index (χ0) is 15.9. The van der Waals surface area contributed by atoms with Gasteiger partial charge in [-0.25, -0.2) is 4.79 Å². The molecule has 0 bridgehead atoms. The number of benzene rings is 2. The van der Waals surface area contributed by atoms with Crippen LogP contribution in [0.25, 0.3) is 0 Å². The summed E-state index contributed by atoms with van der Waals surface area (Å²) in [5.41, 5.74) is 3.53. The molecule has 3 rings (SSSR count). The van der Waals surface area contributed by atoms with Crippen molar-refractivity contribution in [2.45, 2.75) is 25.7 Å². The highest BCUT2D eigenvalue weighted by Crippen LogP contribution is 2.29. The first kappa shape index (κ1) is 15.4. The highest BCUT2D eigenvalue weighted by atomic mass is 16.5. The van der Waals surface area contributed by atoms with E-state index in [1.165, 1.54) is 24.0 Å². The molecule has 4 nitrogen and oxygen atoms in total. The number of aryl methyl sites for hydroxylation is 1. The molecular weight excluding hydrogens is 288 g/mol. The maximum absolute atomic E-state index is 11.8. The maximum Gasteiger partial charge on any atom is 0.319 e. The summed E-state index contributed by atoms with van der Waals surface area (Å²) in [5.74, 6) is 0.965. The van der Waals surface area contributed by atoms with Gasteiger partial charge in [0.1, 0.15) is 12.4 Å². The highest BCUT2D eigenvalue weighted by Gasteiger charge is 2.13. The van der Waals surface area contributed by atoms with Gasteiger partial charge in [-0.1, -0.05) is 30.3 Å². The van der Waals surface area contributed by atoms with Crippen LogP contribution in [0.3, 0.4) is 0 Å². The van der Waals surface area contributed by atoms with E-state index in [4.69, 9.17) is 4.74 Å². The van der Waals surface area contributed by atoms with Crippen LogP contribution >= 0.6 is 0 Å². The third kappa shape index (κ3) is 4.25. The number of carbonyl (C=O) groups excluding carboxylic acids is 1. The second-order valence-corrected chi connectivity index (χ2v) is 5.70. The molecule has 0 radical (unpaired) electrons. The second-order valence-electron chi connectivity index (χ2n) is 5.70. The normalized spacial score (nSPS) is 13.0. The van der Waals surface area contributed by atoms with Crippen molar-refractivity contribution in [3.63, 3.8) is 0 Å². The molecule has 4 heteroatoms. The Balaban J connectivity index is 1.44. The van der Waals surface area contributed by atoms with E-state index in [-0.39, 0.29) is 6.03 Å². The van der Waals surface area contributed by atoms with E-state index >= 15 is 0 Å². The number of amides is 2. The smallest absolute Gasteiger partial charge is 0.319 e. The Morgan fingerprint density at radius 2 is 1.83 bits per heavy atom. The number of anilines is 1. The molecule has 0 saturated heterocycles. The lowest BCUT2D eigenvalue weighted by Crippen LogP contribution is -2.32. The minimum Gasteiger partial charge on any atom is -0.491 e. The molecule has 2 amide bonds. The van der Waals surface area contributed by atoms with Crippen molar-refractivity contribution in [2.24, 2.45) is 0 Å². The van der Waals surface area contributed by atoms with Gasteiger partial charge in [-0.15, -0.1) is 0 Å². The monoisotopic (exact) mass is 310 g/mol. The standard InChI is InChI=1S/C19H22N2O2/c22-19(21-16-9-2-1-3-10-16)20-13-14-23-18-12-6-8-15-7-4-5-11-17(15)18/h1-3,6,8-10,12H,4-5,7,11,13-14H2,(H2,20,21,22). The zero-order valence-corrected chi connectivity index (χ0v) is 13.2.